The highest BCUT2D eigenvalue weighted by molar-refractivity contribution is 14.0. The maximum atomic E-state index is 5.26. The maximum Gasteiger partial charge on any atom is 0.191 e. The molecule has 7 heteroatoms. The number of hydrogen-bond acceptors (Lipinski definition) is 4. The molecular weight excluding hydrogens is 441 g/mol. The van der Waals surface area contributed by atoms with Crippen LogP contribution in [0.15, 0.2) is 29.3 Å². The van der Waals surface area contributed by atoms with E-state index >= 15 is 0 Å². The minimum Gasteiger partial charge on any atom is -0.497 e. The van der Waals surface area contributed by atoms with Gasteiger partial charge in [-0.3, -0.25) is 4.99 Å². The maximum absolute atomic E-state index is 5.26. The van der Waals surface area contributed by atoms with Gasteiger partial charge >= 0.3 is 0 Å². The first-order valence-electron chi connectivity index (χ1n) is 9.19. The fraction of sp³-hybridized carbons (Fsp3) is 0.632. The highest BCUT2D eigenvalue weighted by atomic mass is 127. The Hall–Kier alpha value is -1.06. The van der Waals surface area contributed by atoms with E-state index < -0.39 is 0 Å². The second-order valence-electron chi connectivity index (χ2n) is 6.56. The van der Waals surface area contributed by atoms with E-state index in [0.29, 0.717) is 0 Å². The van der Waals surface area contributed by atoms with Crippen LogP contribution in [-0.2, 0) is 6.54 Å². The Balaban J connectivity index is 0.00000338. The third-order valence-corrected chi connectivity index (χ3v) is 4.57. The van der Waals surface area contributed by atoms with Gasteiger partial charge in [0.05, 0.1) is 7.11 Å². The molecule has 1 saturated heterocycles. The van der Waals surface area contributed by atoms with Crippen molar-refractivity contribution in [1.82, 2.24) is 20.4 Å². The second-order valence-corrected chi connectivity index (χ2v) is 6.56. The number of nitrogens with zero attached hydrogens (tertiary/aromatic N) is 3. The number of halogens is 1. The Kier molecular flexibility index (Phi) is 11.6. The van der Waals surface area contributed by atoms with Crippen molar-refractivity contribution in [1.29, 1.82) is 0 Å². The summed E-state index contributed by atoms with van der Waals surface area (Å²) in [6.45, 7) is 7.60. The van der Waals surface area contributed by atoms with Gasteiger partial charge in [-0.15, -0.1) is 24.0 Å². The van der Waals surface area contributed by atoms with Crippen molar-refractivity contribution in [3.8, 4) is 5.75 Å². The molecule has 0 aliphatic carbocycles. The highest BCUT2D eigenvalue weighted by Gasteiger charge is 2.11. The summed E-state index contributed by atoms with van der Waals surface area (Å²) in [5.74, 6) is 1.73. The van der Waals surface area contributed by atoms with E-state index in [1.807, 2.05) is 25.2 Å². The molecule has 0 aromatic heterocycles. The predicted octanol–water partition coefficient (Wildman–Crippen LogP) is 2.01. The van der Waals surface area contributed by atoms with Gasteiger partial charge in [-0.05, 0) is 57.2 Å². The molecule has 0 radical (unpaired) electrons. The Morgan fingerprint density at radius 1 is 1.19 bits per heavy atom. The van der Waals surface area contributed by atoms with Gasteiger partial charge in [-0.1, -0.05) is 12.1 Å². The lowest BCUT2D eigenvalue weighted by molar-refractivity contribution is 0.274. The van der Waals surface area contributed by atoms with Crippen LogP contribution in [0.2, 0.25) is 0 Å². The number of likely N-dealkylation sites (N-methyl/N-ethyl adjacent to an activating group) is 1. The first-order valence-corrected chi connectivity index (χ1v) is 9.19. The molecule has 148 valence electrons. The lowest BCUT2D eigenvalue weighted by atomic mass is 10.2. The summed E-state index contributed by atoms with van der Waals surface area (Å²) < 4.78 is 5.26. The standard InChI is InChI=1S/C19H33N5O.HI/c1-20-19(22-16-17-7-4-8-18(15-17)25-3)21-9-5-11-24-12-6-10-23(2)13-14-24;/h4,7-8,15H,5-6,9-14,16H2,1-3H3,(H2,20,21,22);1H. The topological polar surface area (TPSA) is 52.1 Å². The molecule has 0 amide bonds. The van der Waals surface area contributed by atoms with Crippen LogP contribution in [0.1, 0.15) is 18.4 Å². The van der Waals surface area contributed by atoms with Gasteiger partial charge in [0.25, 0.3) is 0 Å². The van der Waals surface area contributed by atoms with Crippen LogP contribution in [0.3, 0.4) is 0 Å². The van der Waals surface area contributed by atoms with Crippen molar-refractivity contribution in [2.24, 2.45) is 4.99 Å². The Bertz CT molecular complexity index is 540. The zero-order chi connectivity index (χ0) is 17.9. The summed E-state index contributed by atoms with van der Waals surface area (Å²) >= 11 is 0. The largest absolute Gasteiger partial charge is 0.497 e. The van der Waals surface area contributed by atoms with Crippen LogP contribution >= 0.6 is 24.0 Å². The molecule has 0 spiro atoms. The molecule has 1 heterocycles. The van der Waals surface area contributed by atoms with Gasteiger partial charge < -0.3 is 25.2 Å². The van der Waals surface area contributed by atoms with E-state index in [0.717, 1.165) is 37.8 Å². The van der Waals surface area contributed by atoms with Crippen molar-refractivity contribution >= 4 is 29.9 Å². The Morgan fingerprint density at radius 3 is 2.81 bits per heavy atom. The average molecular weight is 475 g/mol. The molecule has 0 atom stereocenters. The van der Waals surface area contributed by atoms with Crippen molar-refractivity contribution in [3.63, 3.8) is 0 Å². The molecule has 1 aliphatic heterocycles. The third-order valence-electron chi connectivity index (χ3n) is 4.57. The quantitative estimate of drug-likeness (QED) is 0.274. The molecule has 0 unspecified atom stereocenters. The normalized spacial score (nSPS) is 16.5. The fourth-order valence-corrected chi connectivity index (χ4v) is 3.02. The van der Waals surface area contributed by atoms with Crippen LogP contribution in [0, 0.1) is 0 Å². The van der Waals surface area contributed by atoms with E-state index in [-0.39, 0.29) is 24.0 Å². The SMILES string of the molecule is CN=C(NCCCN1CCCN(C)CC1)NCc1cccc(OC)c1.I. The molecule has 2 N–H and O–H groups in total. The number of guanidine groups is 1. The second kappa shape index (κ2) is 13.2. The fourth-order valence-electron chi connectivity index (χ4n) is 3.02. The van der Waals surface area contributed by atoms with E-state index in [4.69, 9.17) is 4.74 Å². The van der Waals surface area contributed by atoms with Crippen molar-refractivity contribution in [2.45, 2.75) is 19.4 Å². The zero-order valence-electron chi connectivity index (χ0n) is 16.3. The number of ether oxygens (including phenoxy) is 1. The van der Waals surface area contributed by atoms with Crippen molar-refractivity contribution in [2.75, 3.05) is 60.5 Å². The Morgan fingerprint density at radius 2 is 2.04 bits per heavy atom. The smallest absolute Gasteiger partial charge is 0.191 e. The van der Waals surface area contributed by atoms with Crippen LogP contribution in [0.5, 0.6) is 5.75 Å². The molecule has 6 nitrogen and oxygen atoms in total. The molecule has 1 fully saturated rings. The average Bonchev–Trinajstić information content (AvgIpc) is 2.85. The van der Waals surface area contributed by atoms with Crippen LogP contribution in [-0.4, -0.2) is 76.2 Å². The number of hydrogen-bond donors (Lipinski definition) is 2. The predicted molar refractivity (Wildman–Crippen MR) is 120 cm³/mol. The molecular formula is C19H34IN5O. The van der Waals surface area contributed by atoms with Gasteiger partial charge in [0, 0.05) is 33.2 Å². The lowest BCUT2D eigenvalue weighted by Gasteiger charge is -2.20. The van der Waals surface area contributed by atoms with Gasteiger partial charge in [0.15, 0.2) is 5.96 Å². The number of methoxy groups -OCH3 is 1. The van der Waals surface area contributed by atoms with E-state index in [9.17, 15) is 0 Å². The Labute approximate surface area is 175 Å². The molecule has 0 bridgehead atoms. The number of nitrogens with one attached hydrogen (secondary N) is 2. The molecule has 1 aliphatic rings. The van der Waals surface area contributed by atoms with Gasteiger partial charge in [0.1, 0.15) is 5.75 Å². The van der Waals surface area contributed by atoms with Gasteiger partial charge in [-0.2, -0.15) is 0 Å². The minimum atomic E-state index is 0. The lowest BCUT2D eigenvalue weighted by Crippen LogP contribution is -2.38. The highest BCUT2D eigenvalue weighted by Crippen LogP contribution is 2.12. The first kappa shape index (κ1) is 23.0. The van der Waals surface area contributed by atoms with Crippen LogP contribution in [0.4, 0.5) is 0 Å². The molecule has 1 aromatic carbocycles. The number of aliphatic imine (C=N–C) groups is 1. The minimum absolute atomic E-state index is 0. The summed E-state index contributed by atoms with van der Waals surface area (Å²) in [6.07, 6.45) is 2.40. The molecule has 2 rings (SSSR count). The zero-order valence-corrected chi connectivity index (χ0v) is 18.7. The van der Waals surface area contributed by atoms with E-state index in [1.165, 1.54) is 38.2 Å². The van der Waals surface area contributed by atoms with Crippen molar-refractivity contribution in [3.05, 3.63) is 29.8 Å². The van der Waals surface area contributed by atoms with Crippen LogP contribution < -0.4 is 15.4 Å². The molecule has 26 heavy (non-hydrogen) atoms. The number of rotatable bonds is 7. The number of benzene rings is 1. The summed E-state index contributed by atoms with van der Waals surface area (Å²) in [4.78, 5) is 9.28. The van der Waals surface area contributed by atoms with Gasteiger partial charge in [-0.25, -0.2) is 0 Å². The molecule has 0 saturated carbocycles. The summed E-state index contributed by atoms with van der Waals surface area (Å²) in [5, 5.41) is 6.76. The van der Waals surface area contributed by atoms with E-state index in [1.54, 1.807) is 7.11 Å². The van der Waals surface area contributed by atoms with E-state index in [2.05, 4.69) is 38.5 Å². The van der Waals surface area contributed by atoms with Gasteiger partial charge in [0.2, 0.25) is 0 Å². The summed E-state index contributed by atoms with van der Waals surface area (Å²) in [7, 11) is 5.71. The first-order chi connectivity index (χ1) is 12.2. The third kappa shape index (κ3) is 8.55. The van der Waals surface area contributed by atoms with Crippen molar-refractivity contribution < 1.29 is 4.74 Å². The summed E-state index contributed by atoms with van der Waals surface area (Å²) in [6, 6.07) is 8.08. The van der Waals surface area contributed by atoms with Crippen LogP contribution in [0.25, 0.3) is 0 Å². The summed E-state index contributed by atoms with van der Waals surface area (Å²) in [5.41, 5.74) is 1.18. The monoisotopic (exact) mass is 475 g/mol. The molecule has 1 aromatic rings.